The van der Waals surface area contributed by atoms with Crippen LogP contribution in [-0.2, 0) is 13.0 Å². The summed E-state index contributed by atoms with van der Waals surface area (Å²) in [6.07, 6.45) is 6.32. The largest absolute Gasteiger partial charge is 0.446 e. The third-order valence-electron chi connectivity index (χ3n) is 5.48. The van der Waals surface area contributed by atoms with Crippen LogP contribution in [0.5, 0.6) is 0 Å². The number of nitrogens with zero attached hydrogens (tertiary/aromatic N) is 2. The Kier molecular flexibility index (Phi) is 9.09. The number of unbranched alkanes of at least 4 members (excludes halogenated alkanes) is 1. The lowest BCUT2D eigenvalue weighted by atomic mass is 10.1. The summed E-state index contributed by atoms with van der Waals surface area (Å²) < 4.78 is 5.51. The zero-order valence-electron chi connectivity index (χ0n) is 18.9. The zero-order chi connectivity index (χ0) is 22.1. The number of carbonyl (C=O) groups is 2. The van der Waals surface area contributed by atoms with Crippen molar-refractivity contribution in [1.82, 2.24) is 15.2 Å². The van der Waals surface area contributed by atoms with Crippen LogP contribution in [0.2, 0.25) is 0 Å². The van der Waals surface area contributed by atoms with E-state index in [1.54, 1.807) is 4.90 Å². The van der Waals surface area contributed by atoms with Gasteiger partial charge in [0.15, 0.2) is 5.69 Å². The van der Waals surface area contributed by atoms with Gasteiger partial charge in [-0.15, -0.1) is 0 Å². The number of aryl methyl sites for hydroxylation is 1. The predicted molar refractivity (Wildman–Crippen MR) is 118 cm³/mol. The number of amides is 2. The van der Waals surface area contributed by atoms with Crippen molar-refractivity contribution in [2.24, 2.45) is 0 Å². The molecule has 2 rings (SSSR count). The molecule has 0 radical (unpaired) electrons. The Morgan fingerprint density at radius 1 is 1.10 bits per heavy atom. The molecule has 0 spiro atoms. The fourth-order valence-corrected chi connectivity index (χ4v) is 3.04. The molecule has 164 valence electrons. The summed E-state index contributed by atoms with van der Waals surface area (Å²) in [7, 11) is 0. The molecule has 0 fully saturated rings. The van der Waals surface area contributed by atoms with Crippen LogP contribution in [-0.4, -0.2) is 33.8 Å². The maximum absolute atomic E-state index is 13.2. The third kappa shape index (κ3) is 6.44. The van der Waals surface area contributed by atoms with E-state index in [9.17, 15) is 9.59 Å². The summed E-state index contributed by atoms with van der Waals surface area (Å²) in [6, 6.07) is 7.92. The van der Waals surface area contributed by atoms with Crippen LogP contribution in [0, 0.1) is 0 Å². The lowest BCUT2D eigenvalue weighted by molar-refractivity contribution is 0.0652. The highest BCUT2D eigenvalue weighted by Crippen LogP contribution is 2.17. The Morgan fingerprint density at radius 3 is 2.40 bits per heavy atom. The van der Waals surface area contributed by atoms with Crippen LogP contribution in [0.1, 0.15) is 92.6 Å². The monoisotopic (exact) mass is 413 g/mol. The molecule has 0 saturated heterocycles. The normalized spacial score (nSPS) is 13.0. The van der Waals surface area contributed by atoms with E-state index >= 15 is 0 Å². The molecule has 0 aliphatic heterocycles. The van der Waals surface area contributed by atoms with E-state index in [-0.39, 0.29) is 36.1 Å². The number of rotatable bonds is 11. The molecule has 1 heterocycles. The molecule has 6 nitrogen and oxygen atoms in total. The van der Waals surface area contributed by atoms with E-state index < -0.39 is 0 Å². The molecular weight excluding hydrogens is 378 g/mol. The highest BCUT2D eigenvalue weighted by molar-refractivity contribution is 5.94. The molecule has 0 aliphatic rings. The van der Waals surface area contributed by atoms with Gasteiger partial charge >= 0.3 is 0 Å². The molecule has 1 N–H and O–H groups in total. The number of hydrogen-bond donors (Lipinski definition) is 1. The second-order valence-corrected chi connectivity index (χ2v) is 7.90. The van der Waals surface area contributed by atoms with E-state index in [0.717, 1.165) is 32.1 Å². The average molecular weight is 414 g/mol. The first-order valence-electron chi connectivity index (χ1n) is 11.0. The van der Waals surface area contributed by atoms with Crippen molar-refractivity contribution in [2.75, 3.05) is 0 Å². The van der Waals surface area contributed by atoms with Gasteiger partial charge in [0.2, 0.25) is 5.89 Å². The van der Waals surface area contributed by atoms with Crippen LogP contribution in [0.4, 0.5) is 0 Å². The van der Waals surface area contributed by atoms with Crippen molar-refractivity contribution < 1.29 is 14.0 Å². The average Bonchev–Trinajstić information content (AvgIpc) is 3.24. The Balaban J connectivity index is 2.13. The van der Waals surface area contributed by atoms with E-state index in [1.165, 1.54) is 11.8 Å². The van der Waals surface area contributed by atoms with Gasteiger partial charge in [0.05, 0.1) is 6.54 Å². The van der Waals surface area contributed by atoms with Crippen LogP contribution in [0.25, 0.3) is 0 Å². The summed E-state index contributed by atoms with van der Waals surface area (Å²) in [4.78, 5) is 31.5. The lowest BCUT2D eigenvalue weighted by Gasteiger charge is -2.27. The Bertz CT molecular complexity index is 813. The molecule has 1 aromatic carbocycles. The Hall–Kier alpha value is -2.63. The fourth-order valence-electron chi connectivity index (χ4n) is 3.04. The minimum absolute atomic E-state index is 0.0153. The zero-order valence-corrected chi connectivity index (χ0v) is 18.9. The minimum atomic E-state index is -0.261. The van der Waals surface area contributed by atoms with Gasteiger partial charge in [0.25, 0.3) is 11.8 Å². The number of nitrogens with one attached hydrogen (secondary N) is 1. The Labute approximate surface area is 180 Å². The topological polar surface area (TPSA) is 75.4 Å². The Morgan fingerprint density at radius 2 is 1.80 bits per heavy atom. The van der Waals surface area contributed by atoms with Gasteiger partial charge in [0.1, 0.15) is 6.26 Å². The smallest absolute Gasteiger partial charge is 0.273 e. The first-order valence-corrected chi connectivity index (χ1v) is 11.0. The van der Waals surface area contributed by atoms with Gasteiger partial charge < -0.3 is 14.6 Å². The van der Waals surface area contributed by atoms with Crippen molar-refractivity contribution in [1.29, 1.82) is 0 Å². The van der Waals surface area contributed by atoms with Crippen LogP contribution < -0.4 is 5.32 Å². The molecular formula is C24H35N3O3. The minimum Gasteiger partial charge on any atom is -0.446 e. The van der Waals surface area contributed by atoms with Gasteiger partial charge in [-0.05, 0) is 57.2 Å². The lowest BCUT2D eigenvalue weighted by Crippen LogP contribution is -2.38. The standard InChI is InChI=1S/C24H35N3O3/c1-6-9-10-19-11-13-20(14-12-19)24(29)27(18(5)8-3)15-22-26-21(16-30-22)23(28)25-17(4)7-2/h11-14,16-18H,6-10,15H2,1-5H3,(H,25,28)/t17-,18+/m0/s1. The van der Waals surface area contributed by atoms with E-state index in [1.807, 2.05) is 52.0 Å². The summed E-state index contributed by atoms with van der Waals surface area (Å²) >= 11 is 0. The quantitative estimate of drug-likeness (QED) is 0.563. The third-order valence-corrected chi connectivity index (χ3v) is 5.48. The summed E-state index contributed by atoms with van der Waals surface area (Å²) in [5.41, 5.74) is 2.13. The van der Waals surface area contributed by atoms with Crippen molar-refractivity contribution in [3.63, 3.8) is 0 Å². The highest BCUT2D eigenvalue weighted by atomic mass is 16.3. The number of oxazole rings is 1. The number of benzene rings is 1. The van der Waals surface area contributed by atoms with Gasteiger partial charge in [0, 0.05) is 17.6 Å². The summed E-state index contributed by atoms with van der Waals surface area (Å²) in [6.45, 7) is 10.4. The molecule has 0 bridgehead atoms. The van der Waals surface area contributed by atoms with Crippen molar-refractivity contribution in [2.45, 2.75) is 85.4 Å². The van der Waals surface area contributed by atoms with E-state index in [0.29, 0.717) is 11.5 Å². The predicted octanol–water partition coefficient (Wildman–Crippen LogP) is 4.99. The SMILES string of the molecule is CCCCc1ccc(C(=O)N(Cc2nc(C(=O)N[C@@H](C)CC)co2)[C@H](C)CC)cc1. The highest BCUT2D eigenvalue weighted by Gasteiger charge is 2.24. The molecule has 2 aromatic rings. The van der Waals surface area contributed by atoms with Gasteiger partial charge in [-0.2, -0.15) is 0 Å². The fraction of sp³-hybridized carbons (Fsp3) is 0.542. The first-order chi connectivity index (χ1) is 14.4. The number of hydrogen-bond acceptors (Lipinski definition) is 4. The molecule has 0 aliphatic carbocycles. The van der Waals surface area contributed by atoms with E-state index in [4.69, 9.17) is 4.42 Å². The molecule has 6 heteroatoms. The first kappa shape index (κ1) is 23.6. The van der Waals surface area contributed by atoms with Crippen molar-refractivity contribution in [3.05, 3.63) is 53.2 Å². The van der Waals surface area contributed by atoms with Crippen LogP contribution in [0.3, 0.4) is 0 Å². The molecule has 2 atom stereocenters. The second-order valence-electron chi connectivity index (χ2n) is 7.90. The van der Waals surface area contributed by atoms with Crippen molar-refractivity contribution in [3.8, 4) is 0 Å². The second kappa shape index (κ2) is 11.5. The summed E-state index contributed by atoms with van der Waals surface area (Å²) in [5.74, 6) is 0.0381. The van der Waals surface area contributed by atoms with Gasteiger partial charge in [-0.25, -0.2) is 4.98 Å². The van der Waals surface area contributed by atoms with Crippen LogP contribution >= 0.6 is 0 Å². The molecule has 0 saturated carbocycles. The molecule has 2 amide bonds. The van der Waals surface area contributed by atoms with Gasteiger partial charge in [-0.1, -0.05) is 39.3 Å². The molecule has 0 unspecified atom stereocenters. The number of carbonyl (C=O) groups excluding carboxylic acids is 2. The maximum atomic E-state index is 13.2. The van der Waals surface area contributed by atoms with E-state index in [2.05, 4.69) is 17.2 Å². The maximum Gasteiger partial charge on any atom is 0.273 e. The molecule has 1 aromatic heterocycles. The summed E-state index contributed by atoms with van der Waals surface area (Å²) in [5, 5.41) is 2.87. The van der Waals surface area contributed by atoms with Gasteiger partial charge in [-0.3, -0.25) is 9.59 Å². The van der Waals surface area contributed by atoms with Crippen LogP contribution in [0.15, 0.2) is 34.9 Å². The molecule has 30 heavy (non-hydrogen) atoms. The number of aromatic nitrogens is 1. The van der Waals surface area contributed by atoms with Crippen molar-refractivity contribution >= 4 is 11.8 Å².